The van der Waals surface area contributed by atoms with E-state index >= 15 is 0 Å². The Morgan fingerprint density at radius 3 is 2.39 bits per heavy atom. The Hall–Kier alpha value is -2.10. The first-order valence-electron chi connectivity index (χ1n) is 10.6. The van der Waals surface area contributed by atoms with Crippen molar-refractivity contribution in [2.45, 2.75) is 39.3 Å². The van der Waals surface area contributed by atoms with Gasteiger partial charge in [0.1, 0.15) is 12.6 Å². The van der Waals surface area contributed by atoms with Crippen LogP contribution in [0.4, 0.5) is 5.69 Å². The van der Waals surface area contributed by atoms with E-state index in [1.165, 1.54) is 4.90 Å². The Morgan fingerprint density at radius 1 is 1.15 bits per heavy atom. The van der Waals surface area contributed by atoms with Crippen molar-refractivity contribution in [1.82, 2.24) is 10.2 Å². The molecule has 0 aromatic heterocycles. The fourth-order valence-corrected chi connectivity index (χ4v) is 4.50. The molecule has 2 amide bonds. The summed E-state index contributed by atoms with van der Waals surface area (Å²) >= 11 is 9.31. The molecular weight excluding hydrogens is 530 g/mol. The summed E-state index contributed by atoms with van der Waals surface area (Å²) in [7, 11) is -3.76. The Kier molecular flexibility index (Phi) is 10.2. The van der Waals surface area contributed by atoms with Gasteiger partial charge in [-0.15, -0.1) is 0 Å². The van der Waals surface area contributed by atoms with E-state index in [4.69, 9.17) is 11.6 Å². The summed E-state index contributed by atoms with van der Waals surface area (Å²) in [5.41, 5.74) is 1.13. The number of halogens is 2. The molecule has 2 aromatic carbocycles. The first-order chi connectivity index (χ1) is 15.5. The number of nitrogens with zero attached hydrogens (tertiary/aromatic N) is 2. The monoisotopic (exact) mass is 557 g/mol. The Morgan fingerprint density at radius 2 is 1.82 bits per heavy atom. The predicted molar refractivity (Wildman–Crippen MR) is 136 cm³/mol. The summed E-state index contributed by atoms with van der Waals surface area (Å²) in [6.07, 6.45) is 2.80. The molecule has 0 radical (unpaired) electrons. The molecule has 0 fully saturated rings. The fraction of sp³-hybridized carbons (Fsp3) is 0.391. The number of anilines is 1. The molecule has 0 spiro atoms. The van der Waals surface area contributed by atoms with Gasteiger partial charge in [-0.25, -0.2) is 8.42 Å². The number of sulfonamides is 1. The second kappa shape index (κ2) is 12.4. The van der Waals surface area contributed by atoms with Crippen LogP contribution in [-0.2, 0) is 26.2 Å². The van der Waals surface area contributed by atoms with Gasteiger partial charge in [0.05, 0.1) is 11.9 Å². The topological polar surface area (TPSA) is 86.8 Å². The zero-order valence-electron chi connectivity index (χ0n) is 18.9. The van der Waals surface area contributed by atoms with Gasteiger partial charge in [-0.2, -0.15) is 0 Å². The van der Waals surface area contributed by atoms with Crippen LogP contribution in [0.2, 0.25) is 5.02 Å². The molecule has 1 atom stereocenters. The van der Waals surface area contributed by atoms with Crippen molar-refractivity contribution in [1.29, 1.82) is 0 Å². The maximum absolute atomic E-state index is 13.4. The zero-order chi connectivity index (χ0) is 24.6. The van der Waals surface area contributed by atoms with E-state index in [0.717, 1.165) is 29.0 Å². The van der Waals surface area contributed by atoms with Gasteiger partial charge in [-0.3, -0.25) is 13.9 Å². The number of nitrogens with one attached hydrogen (secondary N) is 1. The highest BCUT2D eigenvalue weighted by atomic mass is 79.9. The summed E-state index contributed by atoms with van der Waals surface area (Å²) in [5, 5.41) is 3.40. The normalized spacial score (nSPS) is 12.2. The molecule has 0 aliphatic rings. The quantitative estimate of drug-likeness (QED) is 0.419. The van der Waals surface area contributed by atoms with Crippen LogP contribution in [0.5, 0.6) is 0 Å². The average Bonchev–Trinajstić information content (AvgIpc) is 2.75. The van der Waals surface area contributed by atoms with Crippen LogP contribution in [-0.4, -0.2) is 50.5 Å². The number of benzene rings is 2. The molecular formula is C23H29BrClN3O4S. The molecule has 0 saturated carbocycles. The molecule has 2 rings (SSSR count). The second-order valence-corrected chi connectivity index (χ2v) is 11.0. The predicted octanol–water partition coefficient (Wildman–Crippen LogP) is 4.20. The number of hydrogen-bond donors (Lipinski definition) is 1. The van der Waals surface area contributed by atoms with E-state index in [2.05, 4.69) is 21.2 Å². The highest BCUT2D eigenvalue weighted by molar-refractivity contribution is 9.10. The second-order valence-electron chi connectivity index (χ2n) is 7.72. The summed E-state index contributed by atoms with van der Waals surface area (Å²) in [4.78, 5) is 27.5. The molecule has 7 nitrogen and oxygen atoms in total. The Balaban J connectivity index is 2.33. The SMILES string of the molecule is CCCCNC(=O)[C@@H](C)N(Cc1ccc(Cl)cc1)C(=O)CN(c1cccc(Br)c1)S(C)(=O)=O. The van der Waals surface area contributed by atoms with E-state index in [9.17, 15) is 18.0 Å². The lowest BCUT2D eigenvalue weighted by molar-refractivity contribution is -0.139. The number of carbonyl (C=O) groups excluding carboxylic acids is 2. The Bertz CT molecular complexity index is 1060. The first kappa shape index (κ1) is 27.1. The third-order valence-electron chi connectivity index (χ3n) is 5.04. The summed E-state index contributed by atoms with van der Waals surface area (Å²) in [5.74, 6) is -0.785. The smallest absolute Gasteiger partial charge is 0.244 e. The van der Waals surface area contributed by atoms with Gasteiger partial charge in [0.25, 0.3) is 0 Å². The van der Waals surface area contributed by atoms with E-state index < -0.39 is 28.5 Å². The molecule has 0 bridgehead atoms. The molecule has 0 aliphatic carbocycles. The lowest BCUT2D eigenvalue weighted by atomic mass is 10.1. The van der Waals surface area contributed by atoms with Crippen molar-refractivity contribution in [2.75, 3.05) is 23.7 Å². The average molecular weight is 559 g/mol. The molecule has 0 unspecified atom stereocenters. The van der Waals surface area contributed by atoms with Crippen LogP contribution in [0.1, 0.15) is 32.3 Å². The van der Waals surface area contributed by atoms with E-state index in [-0.39, 0.29) is 12.5 Å². The molecule has 0 saturated heterocycles. The lowest BCUT2D eigenvalue weighted by Gasteiger charge is -2.31. The van der Waals surface area contributed by atoms with Crippen LogP contribution in [0.15, 0.2) is 53.0 Å². The van der Waals surface area contributed by atoms with Crippen molar-refractivity contribution < 1.29 is 18.0 Å². The summed E-state index contributed by atoms with van der Waals surface area (Å²) in [6.45, 7) is 3.87. The molecule has 180 valence electrons. The number of unbranched alkanes of at least 4 members (excludes halogenated alkanes) is 1. The first-order valence-corrected chi connectivity index (χ1v) is 13.6. The van der Waals surface area contributed by atoms with Crippen LogP contribution < -0.4 is 9.62 Å². The number of amides is 2. The van der Waals surface area contributed by atoms with Crippen molar-refractivity contribution in [3.63, 3.8) is 0 Å². The molecule has 0 heterocycles. The number of carbonyl (C=O) groups is 2. The number of rotatable bonds is 11. The van der Waals surface area contributed by atoms with Crippen molar-refractivity contribution >= 4 is 55.1 Å². The minimum atomic E-state index is -3.76. The van der Waals surface area contributed by atoms with E-state index in [1.807, 2.05) is 6.92 Å². The maximum atomic E-state index is 13.4. The van der Waals surface area contributed by atoms with Crippen LogP contribution >= 0.6 is 27.5 Å². The number of hydrogen-bond acceptors (Lipinski definition) is 4. The highest BCUT2D eigenvalue weighted by Crippen LogP contribution is 2.23. The molecule has 1 N–H and O–H groups in total. The standard InChI is InChI=1S/C23H29BrClN3O4S/c1-4-5-13-26-23(30)17(2)27(15-18-9-11-20(25)12-10-18)22(29)16-28(33(3,31)32)21-8-6-7-19(24)14-21/h6-12,14,17H,4-5,13,15-16H2,1-3H3,(H,26,30)/t17-/m1/s1. The van der Waals surface area contributed by atoms with Gasteiger partial charge in [-0.05, 0) is 49.2 Å². The van der Waals surface area contributed by atoms with Crippen LogP contribution in [0.3, 0.4) is 0 Å². The fourth-order valence-electron chi connectivity index (χ4n) is 3.15. The van der Waals surface area contributed by atoms with Gasteiger partial charge < -0.3 is 10.2 Å². The van der Waals surface area contributed by atoms with Gasteiger partial charge in [0, 0.05) is 22.6 Å². The minimum absolute atomic E-state index is 0.133. The highest BCUT2D eigenvalue weighted by Gasteiger charge is 2.30. The van der Waals surface area contributed by atoms with Crippen LogP contribution in [0, 0.1) is 0 Å². The molecule has 33 heavy (non-hydrogen) atoms. The zero-order valence-corrected chi connectivity index (χ0v) is 22.1. The van der Waals surface area contributed by atoms with E-state index in [0.29, 0.717) is 21.7 Å². The lowest BCUT2D eigenvalue weighted by Crippen LogP contribution is -2.51. The Labute approximate surface area is 209 Å². The van der Waals surface area contributed by atoms with Crippen LogP contribution in [0.25, 0.3) is 0 Å². The van der Waals surface area contributed by atoms with Crippen molar-refractivity contribution in [3.8, 4) is 0 Å². The largest absolute Gasteiger partial charge is 0.354 e. The van der Waals surface area contributed by atoms with Gasteiger partial charge >= 0.3 is 0 Å². The van der Waals surface area contributed by atoms with Gasteiger partial charge in [0.15, 0.2) is 0 Å². The minimum Gasteiger partial charge on any atom is -0.354 e. The summed E-state index contributed by atoms with van der Waals surface area (Å²) < 4.78 is 26.8. The molecule has 2 aromatic rings. The van der Waals surface area contributed by atoms with Gasteiger partial charge in [0.2, 0.25) is 21.8 Å². The summed E-state index contributed by atoms with van der Waals surface area (Å²) in [6, 6.07) is 12.8. The third kappa shape index (κ3) is 8.32. The van der Waals surface area contributed by atoms with E-state index in [1.54, 1.807) is 55.5 Å². The molecule has 0 aliphatic heterocycles. The van der Waals surface area contributed by atoms with Crippen molar-refractivity contribution in [3.05, 3.63) is 63.6 Å². The maximum Gasteiger partial charge on any atom is 0.244 e. The third-order valence-corrected chi connectivity index (χ3v) is 6.92. The van der Waals surface area contributed by atoms with Crippen molar-refractivity contribution in [2.24, 2.45) is 0 Å². The van der Waals surface area contributed by atoms with Gasteiger partial charge in [-0.1, -0.05) is 59.1 Å². The molecule has 10 heteroatoms.